The molecule has 2 heterocycles. The van der Waals surface area contributed by atoms with E-state index < -0.39 is 12.3 Å². The second kappa shape index (κ2) is 15.6. The van der Waals surface area contributed by atoms with Crippen LogP contribution in [0.5, 0.6) is 0 Å². The zero-order valence-corrected chi connectivity index (χ0v) is 24.7. The maximum absolute atomic E-state index is 13.5. The van der Waals surface area contributed by atoms with Crippen molar-refractivity contribution < 1.29 is 22.9 Å². The molecule has 1 aromatic heterocycles. The molecule has 3 aromatic rings. The van der Waals surface area contributed by atoms with Crippen molar-refractivity contribution in [3.63, 3.8) is 0 Å². The molecule has 0 bridgehead atoms. The van der Waals surface area contributed by atoms with Gasteiger partial charge in [-0.05, 0) is 36.2 Å². The van der Waals surface area contributed by atoms with Gasteiger partial charge < -0.3 is 20.1 Å². The van der Waals surface area contributed by atoms with Crippen LogP contribution in [0.4, 0.5) is 14.5 Å². The fourth-order valence-corrected chi connectivity index (χ4v) is 4.40. The summed E-state index contributed by atoms with van der Waals surface area (Å²) in [4.78, 5) is 31.8. The highest BCUT2D eigenvalue weighted by Gasteiger charge is 2.27. The largest absolute Gasteiger partial charge is 0.353 e. The number of likely N-dealkylation sites (N-methyl/N-ethyl adjacent to an activating group) is 2. The lowest BCUT2D eigenvalue weighted by molar-refractivity contribution is -0.145. The van der Waals surface area contributed by atoms with Crippen LogP contribution in [0.2, 0.25) is 0 Å². The predicted molar refractivity (Wildman–Crippen MR) is 156 cm³/mol. The van der Waals surface area contributed by atoms with E-state index in [9.17, 15) is 18.4 Å². The molecule has 14 heteroatoms. The number of amides is 2. The molecule has 2 aromatic carbocycles. The number of aryl methyl sites for hydroxylation is 1. The number of halogens is 4. The Morgan fingerprint density at radius 2 is 1.76 bits per heavy atom. The maximum Gasteiger partial charge on any atom is 0.315 e. The summed E-state index contributed by atoms with van der Waals surface area (Å²) in [5.41, 5.74) is 4.14. The fraction of sp³-hybridized carbons (Fsp3) is 0.407. The van der Waals surface area contributed by atoms with Crippen LogP contribution >= 0.6 is 24.8 Å². The van der Waals surface area contributed by atoms with Crippen molar-refractivity contribution in [3.8, 4) is 11.4 Å². The molecule has 0 fully saturated rings. The monoisotopic (exact) mass is 613 g/mol. The molecule has 0 radical (unpaired) electrons. The number of carbonyl (C=O) groups excluding carboxylic acids is 2. The first-order chi connectivity index (χ1) is 18.8. The van der Waals surface area contributed by atoms with Gasteiger partial charge in [0.2, 0.25) is 11.7 Å². The van der Waals surface area contributed by atoms with E-state index in [0.717, 1.165) is 12.1 Å². The third kappa shape index (κ3) is 8.59. The summed E-state index contributed by atoms with van der Waals surface area (Å²) in [6, 6.07) is 13.2. The van der Waals surface area contributed by atoms with E-state index in [1.807, 2.05) is 43.1 Å². The van der Waals surface area contributed by atoms with Gasteiger partial charge in [0.25, 0.3) is 11.8 Å². The highest BCUT2D eigenvalue weighted by atomic mass is 35.5. The molecule has 0 aliphatic carbocycles. The number of aromatic nitrogens is 2. The van der Waals surface area contributed by atoms with Gasteiger partial charge in [-0.25, -0.2) is 5.01 Å². The van der Waals surface area contributed by atoms with Gasteiger partial charge in [-0.15, -0.1) is 24.8 Å². The lowest BCUT2D eigenvalue weighted by Gasteiger charge is -2.32. The quantitative estimate of drug-likeness (QED) is 0.298. The van der Waals surface area contributed by atoms with Crippen molar-refractivity contribution in [3.05, 3.63) is 65.0 Å². The van der Waals surface area contributed by atoms with Crippen LogP contribution in [0, 0.1) is 6.92 Å². The van der Waals surface area contributed by atoms with Crippen LogP contribution in [0.3, 0.4) is 0 Å². The number of nitrogens with one attached hydrogen (secondary N) is 2. The Morgan fingerprint density at radius 3 is 2.37 bits per heavy atom. The van der Waals surface area contributed by atoms with Crippen molar-refractivity contribution >= 4 is 42.3 Å². The standard InChI is InChI=1S/C27H33F2N7O3.2ClH/c1-4-30-11-12-31-23(37)16-35(17-24(38)34(3)36-14-20-7-5-6-8-21(20)15-36)22-13-19(10-9-18(22)2)26-32-27(25(28)29)39-33-26;;/h5-10,13,25,30H,4,11-12,14-17H2,1-3H3,(H,31,37);2*1H. The summed E-state index contributed by atoms with van der Waals surface area (Å²) in [5, 5.41) is 13.2. The third-order valence-corrected chi connectivity index (χ3v) is 6.58. The molecule has 0 saturated carbocycles. The van der Waals surface area contributed by atoms with Crippen molar-refractivity contribution in [2.45, 2.75) is 33.4 Å². The third-order valence-electron chi connectivity index (χ3n) is 6.58. The van der Waals surface area contributed by atoms with Crippen molar-refractivity contribution in [2.75, 3.05) is 44.7 Å². The molecule has 1 aliphatic heterocycles. The summed E-state index contributed by atoms with van der Waals surface area (Å²) in [7, 11) is 1.72. The minimum atomic E-state index is -2.89. The minimum Gasteiger partial charge on any atom is -0.353 e. The normalized spacial score (nSPS) is 12.3. The van der Waals surface area contributed by atoms with Gasteiger partial charge in [0, 0.05) is 44.5 Å². The van der Waals surface area contributed by atoms with Crippen molar-refractivity contribution in [2.24, 2.45) is 0 Å². The smallest absolute Gasteiger partial charge is 0.315 e. The van der Waals surface area contributed by atoms with E-state index >= 15 is 0 Å². The number of hydrogen-bond acceptors (Lipinski definition) is 8. The summed E-state index contributed by atoms with van der Waals surface area (Å²) in [6.45, 7) is 6.75. The van der Waals surface area contributed by atoms with Crippen molar-refractivity contribution in [1.82, 2.24) is 30.8 Å². The maximum atomic E-state index is 13.5. The Kier molecular flexibility index (Phi) is 12.9. The highest BCUT2D eigenvalue weighted by Crippen LogP contribution is 2.29. The number of nitrogens with zero attached hydrogens (tertiary/aromatic N) is 5. The lowest BCUT2D eigenvalue weighted by Crippen LogP contribution is -2.48. The first kappa shape index (κ1) is 33.9. The topological polar surface area (TPSA) is 107 Å². The number of hydrogen-bond donors (Lipinski definition) is 2. The molecule has 0 saturated heterocycles. The number of rotatable bonds is 12. The molecule has 2 N–H and O–H groups in total. The summed E-state index contributed by atoms with van der Waals surface area (Å²) in [6.07, 6.45) is -2.89. The average molecular weight is 615 g/mol. The molecule has 0 unspecified atom stereocenters. The van der Waals surface area contributed by atoms with Gasteiger partial charge in [0.15, 0.2) is 0 Å². The van der Waals surface area contributed by atoms with Gasteiger partial charge in [0.05, 0.1) is 13.1 Å². The molecular weight excluding hydrogens is 579 g/mol. The van der Waals surface area contributed by atoms with Crippen LogP contribution in [0.1, 0.15) is 35.9 Å². The Bertz CT molecular complexity index is 1290. The van der Waals surface area contributed by atoms with Gasteiger partial charge in [-0.1, -0.05) is 48.5 Å². The fourth-order valence-electron chi connectivity index (χ4n) is 4.40. The Hall–Kier alpha value is -3.32. The molecule has 224 valence electrons. The minimum absolute atomic E-state index is 0. The number of alkyl halides is 2. The number of hydrazine groups is 1. The van der Waals surface area contributed by atoms with Gasteiger partial charge in [-0.2, -0.15) is 13.8 Å². The van der Waals surface area contributed by atoms with Crippen LogP contribution in [-0.4, -0.2) is 71.7 Å². The van der Waals surface area contributed by atoms with E-state index in [4.69, 9.17) is 0 Å². The molecule has 2 amide bonds. The number of carbonyl (C=O) groups is 2. The molecule has 0 atom stereocenters. The molecule has 10 nitrogen and oxygen atoms in total. The Morgan fingerprint density at radius 1 is 1.07 bits per heavy atom. The molecule has 41 heavy (non-hydrogen) atoms. The summed E-state index contributed by atoms with van der Waals surface area (Å²) in [5.74, 6) is -1.22. The van der Waals surface area contributed by atoms with Gasteiger partial charge in [-0.3, -0.25) is 14.6 Å². The molecular formula is C27H35Cl2F2N7O3. The van der Waals surface area contributed by atoms with Crippen LogP contribution in [0.15, 0.2) is 47.0 Å². The van der Waals surface area contributed by atoms with Crippen LogP contribution < -0.4 is 15.5 Å². The lowest BCUT2D eigenvalue weighted by atomic mass is 10.1. The van der Waals surface area contributed by atoms with Crippen molar-refractivity contribution in [1.29, 1.82) is 0 Å². The number of anilines is 1. The van der Waals surface area contributed by atoms with E-state index in [1.165, 1.54) is 11.1 Å². The van der Waals surface area contributed by atoms with E-state index in [2.05, 4.69) is 25.3 Å². The Labute approximate surface area is 250 Å². The van der Waals surface area contributed by atoms with Gasteiger partial charge in [0.1, 0.15) is 0 Å². The Balaban J connectivity index is 0.00000294. The first-order valence-electron chi connectivity index (χ1n) is 12.8. The van der Waals surface area contributed by atoms with Crippen LogP contribution in [-0.2, 0) is 22.7 Å². The first-order valence-corrected chi connectivity index (χ1v) is 12.8. The van der Waals surface area contributed by atoms with Crippen LogP contribution in [0.25, 0.3) is 11.4 Å². The molecule has 1 aliphatic rings. The van der Waals surface area contributed by atoms with Gasteiger partial charge >= 0.3 is 6.43 Å². The SMILES string of the molecule is CCNCCNC(=O)CN(CC(=O)N(C)N1Cc2ccccc2C1)c1cc(-c2noc(C(F)F)n2)ccc1C.Cl.Cl. The second-order valence-electron chi connectivity index (χ2n) is 9.33. The predicted octanol–water partition coefficient (Wildman–Crippen LogP) is 3.75. The highest BCUT2D eigenvalue weighted by molar-refractivity contribution is 5.87. The summed E-state index contributed by atoms with van der Waals surface area (Å²) < 4.78 is 30.7. The molecule has 0 spiro atoms. The zero-order chi connectivity index (χ0) is 27.9. The average Bonchev–Trinajstić information content (AvgIpc) is 3.58. The zero-order valence-electron chi connectivity index (χ0n) is 23.1. The van der Waals surface area contributed by atoms with E-state index in [0.29, 0.717) is 37.4 Å². The second-order valence-corrected chi connectivity index (χ2v) is 9.33. The molecule has 4 rings (SSSR count). The van der Waals surface area contributed by atoms with E-state index in [-0.39, 0.29) is 55.5 Å². The van der Waals surface area contributed by atoms with E-state index in [1.54, 1.807) is 35.2 Å². The summed E-state index contributed by atoms with van der Waals surface area (Å²) >= 11 is 0. The number of fused-ring (bicyclic) bond motifs is 1. The number of benzene rings is 2.